The summed E-state index contributed by atoms with van der Waals surface area (Å²) in [5.41, 5.74) is -1.55. The monoisotopic (exact) mass is 336 g/mol. The molecule has 0 aliphatic heterocycles. The van der Waals surface area contributed by atoms with Crippen molar-refractivity contribution in [3.8, 4) is 0 Å². The highest BCUT2D eigenvalue weighted by atomic mass is 31.2. The van der Waals surface area contributed by atoms with E-state index in [4.69, 9.17) is 29.8 Å². The highest BCUT2D eigenvalue weighted by molar-refractivity contribution is 7.53. The van der Waals surface area contributed by atoms with Crippen molar-refractivity contribution in [1.82, 2.24) is 0 Å². The van der Waals surface area contributed by atoms with Crippen LogP contribution in [0.3, 0.4) is 0 Å². The standard InChI is InChI=1S/2C4H9O5P/c1-2-3(4(5)6)10(7,8)9;5-4(6)2-1-3-10(7,8)9/h3H,2H2,1H3,(H,5,6)(H2,7,8,9);1-3H2,(H,5,6)(H2,7,8,9). The van der Waals surface area contributed by atoms with Crippen molar-refractivity contribution >= 4 is 27.1 Å². The van der Waals surface area contributed by atoms with Gasteiger partial charge >= 0.3 is 27.1 Å². The summed E-state index contributed by atoms with van der Waals surface area (Å²) in [5.74, 6) is -2.48. The Hall–Kier alpha value is -0.760. The lowest BCUT2D eigenvalue weighted by molar-refractivity contribution is -0.138. The lowest BCUT2D eigenvalue weighted by Gasteiger charge is -2.10. The molecule has 12 heteroatoms. The average molecular weight is 336 g/mol. The molecule has 0 aromatic carbocycles. The van der Waals surface area contributed by atoms with Gasteiger partial charge in [0.2, 0.25) is 0 Å². The molecule has 1 unspecified atom stereocenters. The first-order valence-electron chi connectivity index (χ1n) is 5.35. The summed E-state index contributed by atoms with van der Waals surface area (Å²) in [4.78, 5) is 53.2. The van der Waals surface area contributed by atoms with Crippen molar-refractivity contribution in [3.05, 3.63) is 0 Å². The lowest BCUT2D eigenvalue weighted by atomic mass is 10.3. The second-order valence-corrected chi connectivity index (χ2v) is 7.32. The van der Waals surface area contributed by atoms with Crippen LogP contribution in [-0.2, 0) is 18.7 Å². The molecule has 120 valence electrons. The van der Waals surface area contributed by atoms with E-state index < -0.39 is 32.8 Å². The first-order chi connectivity index (χ1) is 8.81. The smallest absolute Gasteiger partial charge is 0.339 e. The van der Waals surface area contributed by atoms with Crippen LogP contribution in [0.15, 0.2) is 0 Å². The number of carboxylic acid groups (broad SMARTS) is 2. The van der Waals surface area contributed by atoms with Crippen molar-refractivity contribution < 1.29 is 48.5 Å². The zero-order chi connectivity index (χ0) is 16.6. The van der Waals surface area contributed by atoms with Crippen molar-refractivity contribution in [1.29, 1.82) is 0 Å². The second-order valence-electron chi connectivity index (χ2n) is 3.74. The van der Waals surface area contributed by atoms with Gasteiger partial charge in [0.25, 0.3) is 0 Å². The average Bonchev–Trinajstić information content (AvgIpc) is 2.13. The predicted octanol–water partition coefficient (Wildman–Crippen LogP) is 0.0562. The Morgan fingerprint density at radius 3 is 1.65 bits per heavy atom. The molecule has 0 heterocycles. The summed E-state index contributed by atoms with van der Waals surface area (Å²) in [6.45, 7) is 1.41. The maximum atomic E-state index is 10.3. The fourth-order valence-corrected chi connectivity index (χ4v) is 2.33. The van der Waals surface area contributed by atoms with Crippen molar-refractivity contribution in [2.45, 2.75) is 31.8 Å². The number of aliphatic carboxylic acids is 2. The molecule has 1 atom stereocenters. The molecule has 6 N–H and O–H groups in total. The maximum Gasteiger partial charge on any atom is 0.339 e. The summed E-state index contributed by atoms with van der Waals surface area (Å²) in [7, 11) is -8.42. The maximum absolute atomic E-state index is 10.3. The van der Waals surface area contributed by atoms with Crippen molar-refractivity contribution in [2.24, 2.45) is 0 Å². The topological polar surface area (TPSA) is 190 Å². The van der Waals surface area contributed by atoms with Crippen molar-refractivity contribution in [2.75, 3.05) is 6.16 Å². The van der Waals surface area contributed by atoms with Crippen LogP contribution < -0.4 is 0 Å². The van der Waals surface area contributed by atoms with Gasteiger partial charge in [0.1, 0.15) is 0 Å². The van der Waals surface area contributed by atoms with Crippen molar-refractivity contribution in [3.63, 3.8) is 0 Å². The Labute approximate surface area is 114 Å². The van der Waals surface area contributed by atoms with Crippen LogP contribution in [0.25, 0.3) is 0 Å². The molecule has 0 aromatic rings. The molecule has 0 saturated heterocycles. The van der Waals surface area contributed by atoms with Crippen LogP contribution in [0.5, 0.6) is 0 Å². The summed E-state index contributed by atoms with van der Waals surface area (Å²) in [6.07, 6.45) is -0.566. The molecule has 0 rings (SSSR count). The van der Waals surface area contributed by atoms with E-state index in [2.05, 4.69) is 0 Å². The molecule has 0 spiro atoms. The van der Waals surface area contributed by atoms with E-state index in [-0.39, 0.29) is 25.4 Å². The number of hydrogen-bond donors (Lipinski definition) is 6. The van der Waals surface area contributed by atoms with Crippen LogP contribution in [-0.4, -0.2) is 53.5 Å². The molecule has 0 aliphatic rings. The largest absolute Gasteiger partial charge is 0.481 e. The Morgan fingerprint density at radius 2 is 1.50 bits per heavy atom. The molecule has 0 bridgehead atoms. The number of carbonyl (C=O) groups is 2. The quantitative estimate of drug-likeness (QED) is 0.346. The molecule has 20 heavy (non-hydrogen) atoms. The first-order valence-corrected chi connectivity index (χ1v) is 8.83. The molecule has 10 nitrogen and oxygen atoms in total. The van der Waals surface area contributed by atoms with Gasteiger partial charge in [-0.3, -0.25) is 18.7 Å². The molecular weight excluding hydrogens is 318 g/mol. The van der Waals surface area contributed by atoms with E-state index in [0.717, 1.165) is 0 Å². The van der Waals surface area contributed by atoms with Gasteiger partial charge in [-0.25, -0.2) is 0 Å². The zero-order valence-electron chi connectivity index (χ0n) is 10.6. The Balaban J connectivity index is 0. The van der Waals surface area contributed by atoms with Crippen LogP contribution in [0.4, 0.5) is 0 Å². The van der Waals surface area contributed by atoms with Gasteiger partial charge in [-0.2, -0.15) is 0 Å². The third kappa shape index (κ3) is 13.7. The first kappa shape index (κ1) is 21.5. The fraction of sp³-hybridized carbons (Fsp3) is 0.750. The highest BCUT2D eigenvalue weighted by Gasteiger charge is 2.33. The molecule has 0 aromatic heterocycles. The minimum atomic E-state index is -4.43. The Bertz CT molecular complexity index is 407. The molecular formula is C8H18O10P2. The van der Waals surface area contributed by atoms with Gasteiger partial charge in [0.15, 0.2) is 5.66 Å². The third-order valence-electron chi connectivity index (χ3n) is 1.92. The zero-order valence-corrected chi connectivity index (χ0v) is 12.4. The van der Waals surface area contributed by atoms with Gasteiger partial charge in [-0.05, 0) is 12.8 Å². The third-order valence-corrected chi connectivity index (χ3v) is 4.21. The molecule has 0 amide bonds. The Kier molecular flexibility index (Phi) is 9.94. The number of rotatable bonds is 7. The van der Waals surface area contributed by atoms with Crippen LogP contribution in [0.2, 0.25) is 0 Å². The van der Waals surface area contributed by atoms with E-state index in [0.29, 0.717) is 0 Å². The highest BCUT2D eigenvalue weighted by Crippen LogP contribution is 2.42. The lowest BCUT2D eigenvalue weighted by Crippen LogP contribution is -2.18. The van der Waals surface area contributed by atoms with Crippen LogP contribution in [0, 0.1) is 0 Å². The molecule has 0 fully saturated rings. The minimum absolute atomic E-state index is 0.0274. The summed E-state index contributed by atoms with van der Waals surface area (Å²) in [5, 5.41) is 16.3. The van der Waals surface area contributed by atoms with E-state index in [1.807, 2.05) is 0 Å². The van der Waals surface area contributed by atoms with Gasteiger partial charge in [0, 0.05) is 6.42 Å². The summed E-state index contributed by atoms with van der Waals surface area (Å²) < 4.78 is 20.4. The van der Waals surface area contributed by atoms with Crippen LogP contribution in [0.1, 0.15) is 26.2 Å². The van der Waals surface area contributed by atoms with E-state index >= 15 is 0 Å². The van der Waals surface area contributed by atoms with E-state index in [9.17, 15) is 18.7 Å². The minimum Gasteiger partial charge on any atom is -0.481 e. The Morgan fingerprint density at radius 1 is 1.05 bits per heavy atom. The van der Waals surface area contributed by atoms with Gasteiger partial charge in [-0.1, -0.05) is 6.92 Å². The predicted molar refractivity (Wildman–Crippen MR) is 67.5 cm³/mol. The molecule has 0 aliphatic carbocycles. The van der Waals surface area contributed by atoms with Gasteiger partial charge in [-0.15, -0.1) is 0 Å². The summed E-state index contributed by atoms with van der Waals surface area (Å²) >= 11 is 0. The fourth-order valence-electron chi connectivity index (χ4n) is 0.993. The van der Waals surface area contributed by atoms with E-state index in [1.54, 1.807) is 0 Å². The van der Waals surface area contributed by atoms with E-state index in [1.165, 1.54) is 6.92 Å². The van der Waals surface area contributed by atoms with Crippen LogP contribution >= 0.6 is 15.2 Å². The number of hydrogen-bond acceptors (Lipinski definition) is 4. The van der Waals surface area contributed by atoms with Gasteiger partial charge < -0.3 is 29.8 Å². The molecule has 0 saturated carbocycles. The summed E-state index contributed by atoms with van der Waals surface area (Å²) in [6, 6.07) is 0. The second kappa shape index (κ2) is 9.23. The van der Waals surface area contributed by atoms with Gasteiger partial charge in [0.05, 0.1) is 6.16 Å². The normalized spacial score (nSPS) is 13.1. The molecule has 0 radical (unpaired) electrons. The number of carboxylic acids is 2. The SMILES string of the molecule is CCC(C(=O)O)P(=O)(O)O.O=C(O)CCCP(=O)(O)O.